The Labute approximate surface area is 185 Å². The van der Waals surface area contributed by atoms with E-state index in [1.54, 1.807) is 12.1 Å². The van der Waals surface area contributed by atoms with Gasteiger partial charge in [0.05, 0.1) is 19.2 Å². The molecular weight excluding hydrogens is 388 g/mol. The molecule has 166 valence electrons. The highest BCUT2D eigenvalue weighted by Crippen LogP contribution is 2.20. The van der Waals surface area contributed by atoms with Crippen LogP contribution in [0.4, 0.5) is 0 Å². The van der Waals surface area contributed by atoms with Crippen molar-refractivity contribution in [2.75, 3.05) is 20.2 Å². The lowest BCUT2D eigenvalue weighted by Gasteiger charge is -2.38. The largest absolute Gasteiger partial charge is 0.465 e. The van der Waals surface area contributed by atoms with Gasteiger partial charge in [0.25, 0.3) is 0 Å². The molecule has 2 aromatic rings. The van der Waals surface area contributed by atoms with Crippen LogP contribution in [0.2, 0.25) is 0 Å². The normalized spacial score (nSPS) is 19.6. The van der Waals surface area contributed by atoms with Crippen molar-refractivity contribution in [3.8, 4) is 0 Å². The molecule has 0 saturated carbocycles. The molecule has 1 aliphatic heterocycles. The van der Waals surface area contributed by atoms with Gasteiger partial charge in [-0.2, -0.15) is 0 Å². The van der Waals surface area contributed by atoms with Crippen LogP contribution in [-0.4, -0.2) is 49.1 Å². The standard InChI is InChI=1S/C25H34N4O2/c1-4-26-25(27-17-20-10-12-22(13-11-20)24(30)31-3)28-23-14-15-29(19(2)16-23)18-21-8-6-5-7-9-21/h5-13,19,23H,4,14-18H2,1-3H3,(H2,26,27,28). The Morgan fingerprint density at radius 3 is 2.52 bits per heavy atom. The minimum atomic E-state index is -0.321. The first-order valence-electron chi connectivity index (χ1n) is 11.1. The molecule has 0 spiro atoms. The summed E-state index contributed by atoms with van der Waals surface area (Å²) in [4.78, 5) is 18.9. The highest BCUT2D eigenvalue weighted by atomic mass is 16.5. The molecule has 6 heteroatoms. The number of methoxy groups -OCH3 is 1. The molecule has 0 aromatic heterocycles. The monoisotopic (exact) mass is 422 g/mol. The molecule has 31 heavy (non-hydrogen) atoms. The zero-order valence-corrected chi connectivity index (χ0v) is 18.8. The number of esters is 1. The van der Waals surface area contributed by atoms with Crippen molar-refractivity contribution < 1.29 is 9.53 Å². The molecule has 0 bridgehead atoms. The highest BCUT2D eigenvalue weighted by molar-refractivity contribution is 5.89. The Hall–Kier alpha value is -2.86. The van der Waals surface area contributed by atoms with Crippen LogP contribution in [-0.2, 0) is 17.8 Å². The van der Waals surface area contributed by atoms with E-state index in [9.17, 15) is 4.79 Å². The van der Waals surface area contributed by atoms with Crippen LogP contribution in [0.1, 0.15) is 48.2 Å². The third-order valence-corrected chi connectivity index (χ3v) is 5.72. The Balaban J connectivity index is 1.54. The van der Waals surface area contributed by atoms with E-state index >= 15 is 0 Å². The van der Waals surface area contributed by atoms with Crippen LogP contribution >= 0.6 is 0 Å². The molecule has 1 heterocycles. The van der Waals surface area contributed by atoms with Crippen LogP contribution < -0.4 is 10.6 Å². The smallest absolute Gasteiger partial charge is 0.337 e. The van der Waals surface area contributed by atoms with E-state index < -0.39 is 0 Å². The summed E-state index contributed by atoms with van der Waals surface area (Å²) in [5.41, 5.74) is 2.97. The third-order valence-electron chi connectivity index (χ3n) is 5.72. The molecule has 1 saturated heterocycles. The first-order valence-corrected chi connectivity index (χ1v) is 11.1. The van der Waals surface area contributed by atoms with Gasteiger partial charge < -0.3 is 15.4 Å². The Bertz CT molecular complexity index is 852. The average molecular weight is 423 g/mol. The zero-order chi connectivity index (χ0) is 22.1. The molecule has 1 fully saturated rings. The number of nitrogens with zero attached hydrogens (tertiary/aromatic N) is 2. The number of likely N-dealkylation sites (tertiary alicyclic amines) is 1. The van der Waals surface area contributed by atoms with Gasteiger partial charge in [0.1, 0.15) is 0 Å². The number of benzene rings is 2. The summed E-state index contributed by atoms with van der Waals surface area (Å²) < 4.78 is 4.75. The van der Waals surface area contributed by atoms with Crippen LogP contribution in [0, 0.1) is 0 Å². The summed E-state index contributed by atoms with van der Waals surface area (Å²) in [6.45, 7) is 7.83. The Morgan fingerprint density at radius 1 is 1.13 bits per heavy atom. The van der Waals surface area contributed by atoms with Crippen LogP contribution in [0.25, 0.3) is 0 Å². The van der Waals surface area contributed by atoms with Gasteiger partial charge in [-0.05, 0) is 49.9 Å². The van der Waals surface area contributed by atoms with E-state index in [1.165, 1.54) is 12.7 Å². The van der Waals surface area contributed by atoms with Gasteiger partial charge in [-0.25, -0.2) is 9.79 Å². The second-order valence-electron chi connectivity index (χ2n) is 8.05. The fourth-order valence-corrected chi connectivity index (χ4v) is 3.95. The molecule has 0 radical (unpaired) electrons. The van der Waals surface area contributed by atoms with Crippen molar-refractivity contribution >= 4 is 11.9 Å². The number of piperidine rings is 1. The molecule has 3 rings (SSSR count). The predicted molar refractivity (Wildman–Crippen MR) is 125 cm³/mol. The maximum atomic E-state index is 11.6. The number of aliphatic imine (C=N–C) groups is 1. The number of ether oxygens (including phenoxy) is 1. The second-order valence-corrected chi connectivity index (χ2v) is 8.05. The van der Waals surface area contributed by atoms with Crippen molar-refractivity contribution in [3.63, 3.8) is 0 Å². The summed E-state index contributed by atoms with van der Waals surface area (Å²) in [5.74, 6) is 0.519. The average Bonchev–Trinajstić information content (AvgIpc) is 2.80. The van der Waals surface area contributed by atoms with Gasteiger partial charge in [-0.15, -0.1) is 0 Å². The van der Waals surface area contributed by atoms with Gasteiger partial charge in [-0.3, -0.25) is 4.90 Å². The van der Waals surface area contributed by atoms with E-state index in [-0.39, 0.29) is 5.97 Å². The molecule has 2 atom stereocenters. The lowest BCUT2D eigenvalue weighted by atomic mass is 9.97. The van der Waals surface area contributed by atoms with E-state index in [1.807, 2.05) is 12.1 Å². The van der Waals surface area contributed by atoms with Crippen molar-refractivity contribution in [1.82, 2.24) is 15.5 Å². The summed E-state index contributed by atoms with van der Waals surface area (Å²) >= 11 is 0. The van der Waals surface area contributed by atoms with Gasteiger partial charge in [0.15, 0.2) is 5.96 Å². The second kappa shape index (κ2) is 11.5. The summed E-state index contributed by atoms with van der Waals surface area (Å²) in [6, 6.07) is 19.0. The van der Waals surface area contributed by atoms with Gasteiger partial charge in [0.2, 0.25) is 0 Å². The van der Waals surface area contributed by atoms with E-state index in [0.29, 0.717) is 24.2 Å². The van der Waals surface area contributed by atoms with Gasteiger partial charge in [0, 0.05) is 31.7 Å². The number of hydrogen-bond acceptors (Lipinski definition) is 4. The lowest BCUT2D eigenvalue weighted by molar-refractivity contribution is 0.0600. The predicted octanol–water partition coefficient (Wildman–Crippen LogP) is 3.58. The number of carbonyl (C=O) groups excluding carboxylic acids is 1. The zero-order valence-electron chi connectivity index (χ0n) is 18.8. The van der Waals surface area contributed by atoms with Crippen molar-refractivity contribution in [1.29, 1.82) is 0 Å². The van der Waals surface area contributed by atoms with Crippen molar-refractivity contribution in [3.05, 3.63) is 71.3 Å². The molecule has 1 aliphatic rings. The Morgan fingerprint density at radius 2 is 1.87 bits per heavy atom. The molecule has 2 aromatic carbocycles. The van der Waals surface area contributed by atoms with E-state index in [4.69, 9.17) is 9.73 Å². The van der Waals surface area contributed by atoms with E-state index in [2.05, 4.69) is 59.7 Å². The highest BCUT2D eigenvalue weighted by Gasteiger charge is 2.25. The van der Waals surface area contributed by atoms with Crippen molar-refractivity contribution in [2.45, 2.75) is 51.9 Å². The molecule has 2 N–H and O–H groups in total. The summed E-state index contributed by atoms with van der Waals surface area (Å²) in [7, 11) is 1.39. The number of guanidine groups is 1. The molecule has 0 aliphatic carbocycles. The first-order chi connectivity index (χ1) is 15.1. The quantitative estimate of drug-likeness (QED) is 0.406. The fourth-order valence-electron chi connectivity index (χ4n) is 3.95. The third kappa shape index (κ3) is 6.82. The van der Waals surface area contributed by atoms with Gasteiger partial charge in [-0.1, -0.05) is 42.5 Å². The van der Waals surface area contributed by atoms with E-state index in [0.717, 1.165) is 44.0 Å². The lowest BCUT2D eigenvalue weighted by Crippen LogP contribution is -2.51. The minimum absolute atomic E-state index is 0.321. The minimum Gasteiger partial charge on any atom is -0.465 e. The fraction of sp³-hybridized carbons (Fsp3) is 0.440. The number of rotatable bonds is 7. The summed E-state index contributed by atoms with van der Waals surface area (Å²) in [6.07, 6.45) is 2.18. The molecule has 2 unspecified atom stereocenters. The maximum Gasteiger partial charge on any atom is 0.337 e. The number of nitrogens with one attached hydrogen (secondary N) is 2. The van der Waals surface area contributed by atoms with Crippen molar-refractivity contribution in [2.24, 2.45) is 4.99 Å². The Kier molecular flexibility index (Phi) is 8.47. The number of carbonyl (C=O) groups is 1. The van der Waals surface area contributed by atoms with Crippen LogP contribution in [0.5, 0.6) is 0 Å². The molecule has 0 amide bonds. The van der Waals surface area contributed by atoms with Crippen LogP contribution in [0.3, 0.4) is 0 Å². The van der Waals surface area contributed by atoms with Crippen LogP contribution in [0.15, 0.2) is 59.6 Å². The summed E-state index contributed by atoms with van der Waals surface area (Å²) in [5, 5.41) is 6.97. The SMILES string of the molecule is CCNC(=NCc1ccc(C(=O)OC)cc1)NC1CCN(Cc2ccccc2)C(C)C1. The number of hydrogen-bond donors (Lipinski definition) is 2. The topological polar surface area (TPSA) is 66.0 Å². The molecular formula is C25H34N4O2. The maximum absolute atomic E-state index is 11.6. The van der Waals surface area contributed by atoms with Gasteiger partial charge >= 0.3 is 5.97 Å². The first kappa shape index (κ1) is 22.8. The molecule has 6 nitrogen and oxygen atoms in total.